The average Bonchev–Trinajstić information content (AvgIpc) is 3.24. The zero-order valence-electron chi connectivity index (χ0n) is 12.8. The summed E-state index contributed by atoms with van der Waals surface area (Å²) in [5.74, 6) is 0.0756. The molecule has 3 aliphatic rings. The predicted octanol–water partition coefficient (Wildman–Crippen LogP) is 0.979. The normalized spacial score (nSPS) is 29.0. The van der Waals surface area contributed by atoms with Crippen molar-refractivity contribution in [2.75, 3.05) is 32.9 Å². The number of carbonyl (C=O) groups is 2. The van der Waals surface area contributed by atoms with Crippen molar-refractivity contribution in [3.8, 4) is 0 Å². The summed E-state index contributed by atoms with van der Waals surface area (Å²) in [4.78, 5) is 28.8. The van der Waals surface area contributed by atoms with Crippen LogP contribution in [0.2, 0.25) is 0 Å². The van der Waals surface area contributed by atoms with Gasteiger partial charge in [0.15, 0.2) is 0 Å². The maximum absolute atomic E-state index is 12.6. The van der Waals surface area contributed by atoms with Crippen LogP contribution in [0.1, 0.15) is 23.2 Å². The molecule has 0 saturated carbocycles. The SMILES string of the molecule is O=C(c1ccsc1)N1C[C@@H]2OCC(=O)N(C3CCOCC3)[C@H]2C1. The second kappa shape index (κ2) is 6.22. The zero-order valence-corrected chi connectivity index (χ0v) is 13.7. The molecule has 3 saturated heterocycles. The van der Waals surface area contributed by atoms with Crippen molar-refractivity contribution in [1.82, 2.24) is 9.80 Å². The summed E-state index contributed by atoms with van der Waals surface area (Å²) in [6.07, 6.45) is 1.67. The van der Waals surface area contributed by atoms with E-state index in [2.05, 4.69) is 0 Å². The van der Waals surface area contributed by atoms with Crippen LogP contribution >= 0.6 is 11.3 Å². The van der Waals surface area contributed by atoms with E-state index < -0.39 is 0 Å². The minimum absolute atomic E-state index is 0.0260. The largest absolute Gasteiger partial charge is 0.381 e. The van der Waals surface area contributed by atoms with E-state index in [4.69, 9.17) is 9.47 Å². The van der Waals surface area contributed by atoms with Gasteiger partial charge in [0.1, 0.15) is 6.61 Å². The summed E-state index contributed by atoms with van der Waals surface area (Å²) in [5.41, 5.74) is 0.720. The Bertz CT molecular complexity index is 585. The van der Waals surface area contributed by atoms with Gasteiger partial charge in [-0.15, -0.1) is 0 Å². The molecule has 1 aromatic rings. The van der Waals surface area contributed by atoms with E-state index in [9.17, 15) is 9.59 Å². The number of fused-ring (bicyclic) bond motifs is 1. The van der Waals surface area contributed by atoms with Crippen LogP contribution in [0.25, 0.3) is 0 Å². The summed E-state index contributed by atoms with van der Waals surface area (Å²) in [7, 11) is 0. The van der Waals surface area contributed by atoms with Gasteiger partial charge >= 0.3 is 0 Å². The first-order valence-corrected chi connectivity index (χ1v) is 9.00. The van der Waals surface area contributed by atoms with Crippen LogP contribution in [0.4, 0.5) is 0 Å². The molecule has 23 heavy (non-hydrogen) atoms. The van der Waals surface area contributed by atoms with Crippen molar-refractivity contribution in [2.24, 2.45) is 0 Å². The number of hydrogen-bond acceptors (Lipinski definition) is 5. The molecule has 124 valence electrons. The lowest BCUT2D eigenvalue weighted by Gasteiger charge is -2.43. The summed E-state index contributed by atoms with van der Waals surface area (Å²) in [5, 5.41) is 3.78. The first-order valence-electron chi connectivity index (χ1n) is 8.06. The number of amides is 2. The molecule has 0 unspecified atom stereocenters. The minimum atomic E-state index is -0.0712. The first-order chi connectivity index (χ1) is 11.2. The number of rotatable bonds is 2. The third-order valence-electron chi connectivity index (χ3n) is 4.94. The Labute approximate surface area is 139 Å². The number of ether oxygens (including phenoxy) is 2. The Balaban J connectivity index is 1.52. The monoisotopic (exact) mass is 336 g/mol. The molecule has 4 heterocycles. The third kappa shape index (κ3) is 2.77. The number of likely N-dealkylation sites (tertiary alicyclic amines) is 1. The molecule has 3 aliphatic heterocycles. The summed E-state index contributed by atoms with van der Waals surface area (Å²) in [6, 6.07) is 2.03. The van der Waals surface area contributed by atoms with Gasteiger partial charge in [0.05, 0.1) is 17.7 Å². The van der Waals surface area contributed by atoms with Gasteiger partial charge < -0.3 is 19.3 Å². The molecule has 0 bridgehead atoms. The fourth-order valence-electron chi connectivity index (χ4n) is 3.80. The van der Waals surface area contributed by atoms with Crippen molar-refractivity contribution in [2.45, 2.75) is 31.0 Å². The molecule has 2 amide bonds. The van der Waals surface area contributed by atoms with Crippen molar-refractivity contribution < 1.29 is 19.1 Å². The molecule has 0 N–H and O–H groups in total. The highest BCUT2D eigenvalue weighted by Crippen LogP contribution is 2.29. The molecule has 0 aromatic carbocycles. The topological polar surface area (TPSA) is 59.1 Å². The molecular weight excluding hydrogens is 316 g/mol. The summed E-state index contributed by atoms with van der Waals surface area (Å²) >= 11 is 1.52. The number of thiophene rings is 1. The molecule has 7 heteroatoms. The highest BCUT2D eigenvalue weighted by molar-refractivity contribution is 7.08. The van der Waals surface area contributed by atoms with Gasteiger partial charge in [-0.2, -0.15) is 11.3 Å². The van der Waals surface area contributed by atoms with Crippen LogP contribution in [-0.2, 0) is 14.3 Å². The van der Waals surface area contributed by atoms with Gasteiger partial charge in [0.2, 0.25) is 5.91 Å². The standard InChI is InChI=1S/C16H20N2O4S/c19-15-9-22-14-8-17(16(20)11-3-6-23-10-11)7-13(14)18(15)12-1-4-21-5-2-12/h3,6,10,12-14H,1-2,4-5,7-9H2/t13-,14-/m0/s1. The van der Waals surface area contributed by atoms with Gasteiger partial charge in [0.25, 0.3) is 5.91 Å². The Hall–Kier alpha value is -1.44. The van der Waals surface area contributed by atoms with Gasteiger partial charge in [-0.3, -0.25) is 9.59 Å². The minimum Gasteiger partial charge on any atom is -0.381 e. The van der Waals surface area contributed by atoms with Gasteiger partial charge in [-0.1, -0.05) is 0 Å². The number of morpholine rings is 1. The lowest BCUT2D eigenvalue weighted by atomic mass is 10.0. The lowest BCUT2D eigenvalue weighted by molar-refractivity contribution is -0.159. The molecule has 6 nitrogen and oxygen atoms in total. The highest BCUT2D eigenvalue weighted by atomic mass is 32.1. The zero-order chi connectivity index (χ0) is 15.8. The maximum Gasteiger partial charge on any atom is 0.254 e. The Morgan fingerprint density at radius 1 is 1.26 bits per heavy atom. The smallest absolute Gasteiger partial charge is 0.254 e. The molecule has 0 radical (unpaired) electrons. The van der Waals surface area contributed by atoms with Gasteiger partial charge in [-0.05, 0) is 24.3 Å². The number of carbonyl (C=O) groups excluding carboxylic acids is 2. The van der Waals surface area contributed by atoms with E-state index in [-0.39, 0.29) is 36.6 Å². The Kier molecular flexibility index (Phi) is 4.09. The van der Waals surface area contributed by atoms with Crippen LogP contribution in [0.3, 0.4) is 0 Å². The molecule has 4 rings (SSSR count). The van der Waals surface area contributed by atoms with E-state index in [0.29, 0.717) is 26.3 Å². The molecule has 0 aliphatic carbocycles. The molecule has 0 spiro atoms. The quantitative estimate of drug-likeness (QED) is 0.808. The second-order valence-electron chi connectivity index (χ2n) is 6.28. The highest BCUT2D eigenvalue weighted by Gasteiger charge is 2.47. The van der Waals surface area contributed by atoms with Gasteiger partial charge in [-0.25, -0.2) is 0 Å². The average molecular weight is 336 g/mol. The lowest BCUT2D eigenvalue weighted by Crippen LogP contribution is -2.58. The summed E-state index contributed by atoms with van der Waals surface area (Å²) < 4.78 is 11.1. The van der Waals surface area contributed by atoms with Crippen LogP contribution in [-0.4, -0.2) is 72.7 Å². The van der Waals surface area contributed by atoms with Crippen molar-refractivity contribution in [1.29, 1.82) is 0 Å². The second-order valence-corrected chi connectivity index (χ2v) is 7.06. The van der Waals surface area contributed by atoms with E-state index in [1.54, 1.807) is 0 Å². The van der Waals surface area contributed by atoms with E-state index in [0.717, 1.165) is 18.4 Å². The van der Waals surface area contributed by atoms with Gasteiger partial charge in [0, 0.05) is 37.7 Å². The van der Waals surface area contributed by atoms with Crippen LogP contribution in [0.15, 0.2) is 16.8 Å². The molecule has 2 atom stereocenters. The van der Waals surface area contributed by atoms with Crippen LogP contribution in [0.5, 0.6) is 0 Å². The van der Waals surface area contributed by atoms with Crippen molar-refractivity contribution in [3.05, 3.63) is 22.4 Å². The molecule has 3 fully saturated rings. The van der Waals surface area contributed by atoms with E-state index in [1.807, 2.05) is 26.6 Å². The van der Waals surface area contributed by atoms with Crippen LogP contribution in [0, 0.1) is 0 Å². The van der Waals surface area contributed by atoms with E-state index >= 15 is 0 Å². The fraction of sp³-hybridized carbons (Fsp3) is 0.625. The third-order valence-corrected chi connectivity index (χ3v) is 5.63. The Morgan fingerprint density at radius 2 is 2.09 bits per heavy atom. The fourth-order valence-corrected chi connectivity index (χ4v) is 4.43. The van der Waals surface area contributed by atoms with Crippen molar-refractivity contribution >= 4 is 23.2 Å². The molecule has 1 aromatic heterocycles. The Morgan fingerprint density at radius 3 is 2.83 bits per heavy atom. The number of hydrogen-bond donors (Lipinski definition) is 0. The summed E-state index contributed by atoms with van der Waals surface area (Å²) in [6.45, 7) is 2.64. The van der Waals surface area contributed by atoms with Crippen molar-refractivity contribution in [3.63, 3.8) is 0 Å². The number of nitrogens with zero attached hydrogens (tertiary/aromatic N) is 2. The predicted molar refractivity (Wildman–Crippen MR) is 84.4 cm³/mol. The first kappa shape index (κ1) is 15.1. The molecular formula is C16H20N2O4S. The van der Waals surface area contributed by atoms with E-state index in [1.165, 1.54) is 11.3 Å². The maximum atomic E-state index is 12.6. The van der Waals surface area contributed by atoms with Crippen LogP contribution < -0.4 is 0 Å².